The van der Waals surface area contributed by atoms with Crippen LogP contribution >= 0.6 is 0 Å². The SMILES string of the molecule is O=C(c1ccoc1)N1CCCC1c1nc(Cc2ccc(F)cc2)no1. The van der Waals surface area contributed by atoms with Gasteiger partial charge < -0.3 is 13.8 Å². The first-order valence-electron chi connectivity index (χ1n) is 8.11. The number of benzene rings is 1. The van der Waals surface area contributed by atoms with Gasteiger partial charge in [0, 0.05) is 13.0 Å². The van der Waals surface area contributed by atoms with Crippen LogP contribution in [0, 0.1) is 5.82 Å². The summed E-state index contributed by atoms with van der Waals surface area (Å²) in [7, 11) is 0. The van der Waals surface area contributed by atoms with Gasteiger partial charge >= 0.3 is 0 Å². The van der Waals surface area contributed by atoms with Crippen molar-refractivity contribution in [2.75, 3.05) is 6.54 Å². The van der Waals surface area contributed by atoms with Crippen molar-refractivity contribution in [1.29, 1.82) is 0 Å². The number of aromatic nitrogens is 2. The molecule has 1 unspecified atom stereocenters. The maximum atomic E-state index is 13.0. The van der Waals surface area contributed by atoms with Gasteiger partial charge in [-0.3, -0.25) is 4.79 Å². The van der Waals surface area contributed by atoms with Gasteiger partial charge in [0.15, 0.2) is 5.82 Å². The summed E-state index contributed by atoms with van der Waals surface area (Å²) >= 11 is 0. The van der Waals surface area contributed by atoms with E-state index in [1.807, 2.05) is 0 Å². The topological polar surface area (TPSA) is 72.4 Å². The molecule has 1 atom stereocenters. The van der Waals surface area contributed by atoms with Gasteiger partial charge in [0.25, 0.3) is 5.91 Å². The van der Waals surface area contributed by atoms with Crippen LogP contribution in [0.2, 0.25) is 0 Å². The first-order chi connectivity index (χ1) is 12.2. The standard InChI is InChI=1S/C18H16FN3O3/c19-14-5-3-12(4-6-14)10-16-20-17(25-21-16)15-2-1-8-22(15)18(23)13-7-9-24-11-13/h3-7,9,11,15H,1-2,8,10H2. The average Bonchev–Trinajstić information content (AvgIpc) is 3.37. The predicted molar refractivity (Wildman–Crippen MR) is 85.2 cm³/mol. The highest BCUT2D eigenvalue weighted by Gasteiger charge is 2.34. The van der Waals surface area contributed by atoms with Gasteiger partial charge in [-0.2, -0.15) is 4.98 Å². The van der Waals surface area contributed by atoms with Crippen LogP contribution in [-0.2, 0) is 6.42 Å². The molecule has 1 aromatic carbocycles. The molecular formula is C18H16FN3O3. The summed E-state index contributed by atoms with van der Waals surface area (Å²) in [6, 6.07) is 7.60. The Balaban J connectivity index is 1.50. The largest absolute Gasteiger partial charge is 0.472 e. The maximum absolute atomic E-state index is 13.0. The van der Waals surface area contributed by atoms with E-state index in [9.17, 15) is 9.18 Å². The lowest BCUT2D eigenvalue weighted by Crippen LogP contribution is -2.30. The number of carbonyl (C=O) groups is 1. The van der Waals surface area contributed by atoms with Gasteiger partial charge in [0.05, 0.1) is 11.8 Å². The minimum absolute atomic E-state index is 0.102. The van der Waals surface area contributed by atoms with Crippen molar-refractivity contribution in [3.8, 4) is 0 Å². The second-order valence-corrected chi connectivity index (χ2v) is 6.02. The van der Waals surface area contributed by atoms with Crippen LogP contribution in [0.3, 0.4) is 0 Å². The van der Waals surface area contributed by atoms with Gasteiger partial charge in [0.2, 0.25) is 5.89 Å². The van der Waals surface area contributed by atoms with Crippen molar-refractivity contribution in [3.63, 3.8) is 0 Å². The Morgan fingerprint density at radius 3 is 2.88 bits per heavy atom. The summed E-state index contributed by atoms with van der Waals surface area (Å²) in [5.74, 6) is 0.571. The maximum Gasteiger partial charge on any atom is 0.257 e. The van der Waals surface area contributed by atoms with Gasteiger partial charge in [-0.15, -0.1) is 0 Å². The Labute approximate surface area is 143 Å². The Hall–Kier alpha value is -2.96. The van der Waals surface area contributed by atoms with Crippen molar-refractivity contribution >= 4 is 5.91 Å². The minimum Gasteiger partial charge on any atom is -0.472 e. The Bertz CT molecular complexity index is 858. The van der Waals surface area contributed by atoms with Crippen LogP contribution in [-0.4, -0.2) is 27.5 Å². The number of furan rings is 1. The number of likely N-dealkylation sites (tertiary alicyclic amines) is 1. The molecule has 25 heavy (non-hydrogen) atoms. The number of hydrogen-bond acceptors (Lipinski definition) is 5. The number of halogens is 1. The second kappa shape index (κ2) is 6.51. The van der Waals surface area contributed by atoms with Crippen LogP contribution in [0.1, 0.15) is 46.5 Å². The molecule has 1 saturated heterocycles. The summed E-state index contributed by atoms with van der Waals surface area (Å²) in [6.45, 7) is 0.643. The first kappa shape index (κ1) is 15.6. The third-order valence-corrected chi connectivity index (χ3v) is 4.33. The van der Waals surface area contributed by atoms with Crippen molar-refractivity contribution in [2.24, 2.45) is 0 Å². The molecule has 1 aliphatic rings. The molecule has 3 aromatic rings. The van der Waals surface area contributed by atoms with Crippen LogP contribution in [0.5, 0.6) is 0 Å². The van der Waals surface area contributed by atoms with Gasteiger partial charge in [-0.05, 0) is 36.6 Å². The third kappa shape index (κ3) is 3.17. The Kier molecular flexibility index (Phi) is 4.05. The number of carbonyl (C=O) groups excluding carboxylic acids is 1. The van der Waals surface area contributed by atoms with E-state index >= 15 is 0 Å². The quantitative estimate of drug-likeness (QED) is 0.727. The molecule has 0 N–H and O–H groups in total. The monoisotopic (exact) mass is 341 g/mol. The predicted octanol–water partition coefficient (Wildman–Crippen LogP) is 3.37. The molecule has 128 valence electrons. The first-order valence-corrected chi connectivity index (χ1v) is 8.11. The van der Waals surface area contributed by atoms with Crippen LogP contribution in [0.25, 0.3) is 0 Å². The fourth-order valence-corrected chi connectivity index (χ4v) is 3.08. The lowest BCUT2D eigenvalue weighted by atomic mass is 10.1. The fourth-order valence-electron chi connectivity index (χ4n) is 3.08. The lowest BCUT2D eigenvalue weighted by molar-refractivity contribution is 0.0709. The summed E-state index contributed by atoms with van der Waals surface area (Å²) in [4.78, 5) is 18.7. The third-order valence-electron chi connectivity index (χ3n) is 4.33. The molecule has 0 aliphatic carbocycles. The Morgan fingerprint density at radius 2 is 2.12 bits per heavy atom. The molecule has 0 saturated carbocycles. The van der Waals surface area contributed by atoms with E-state index in [1.165, 1.54) is 24.7 Å². The molecule has 1 aliphatic heterocycles. The van der Waals surface area contributed by atoms with E-state index in [4.69, 9.17) is 8.94 Å². The zero-order valence-corrected chi connectivity index (χ0v) is 13.4. The van der Waals surface area contributed by atoms with Crippen molar-refractivity contribution < 1.29 is 18.1 Å². The van der Waals surface area contributed by atoms with E-state index < -0.39 is 0 Å². The molecule has 7 heteroatoms. The second-order valence-electron chi connectivity index (χ2n) is 6.02. The van der Waals surface area contributed by atoms with E-state index in [-0.39, 0.29) is 17.8 Å². The van der Waals surface area contributed by atoms with Gasteiger partial charge in [-0.25, -0.2) is 4.39 Å². The normalized spacial score (nSPS) is 17.2. The Morgan fingerprint density at radius 1 is 1.28 bits per heavy atom. The van der Waals surface area contributed by atoms with E-state index in [2.05, 4.69) is 10.1 Å². The molecule has 0 spiro atoms. The molecule has 6 nitrogen and oxygen atoms in total. The van der Waals surface area contributed by atoms with Crippen LogP contribution < -0.4 is 0 Å². The molecule has 1 fully saturated rings. The average molecular weight is 341 g/mol. The van der Waals surface area contributed by atoms with Crippen LogP contribution in [0.4, 0.5) is 4.39 Å². The van der Waals surface area contributed by atoms with Gasteiger partial charge in [0.1, 0.15) is 18.1 Å². The number of nitrogens with zero attached hydrogens (tertiary/aromatic N) is 3. The highest BCUT2D eigenvalue weighted by molar-refractivity contribution is 5.94. The molecule has 0 bridgehead atoms. The zero-order chi connectivity index (χ0) is 17.2. The summed E-state index contributed by atoms with van der Waals surface area (Å²) in [5.41, 5.74) is 1.41. The van der Waals surface area contributed by atoms with Gasteiger partial charge in [-0.1, -0.05) is 17.3 Å². The fraction of sp³-hybridized carbons (Fsp3) is 0.278. The van der Waals surface area contributed by atoms with Crippen molar-refractivity contribution in [3.05, 3.63) is 71.5 Å². The summed E-state index contributed by atoms with van der Waals surface area (Å²) in [5, 5.41) is 4.00. The van der Waals surface area contributed by atoms with E-state index in [0.29, 0.717) is 30.2 Å². The van der Waals surface area contributed by atoms with E-state index in [0.717, 1.165) is 18.4 Å². The summed E-state index contributed by atoms with van der Waals surface area (Å²) < 4.78 is 23.4. The molecular weight excluding hydrogens is 325 g/mol. The molecule has 2 aromatic heterocycles. The number of amides is 1. The number of hydrogen-bond donors (Lipinski definition) is 0. The van der Waals surface area contributed by atoms with Crippen LogP contribution in [0.15, 0.2) is 51.8 Å². The molecule has 1 amide bonds. The smallest absolute Gasteiger partial charge is 0.257 e. The van der Waals surface area contributed by atoms with Crippen molar-refractivity contribution in [1.82, 2.24) is 15.0 Å². The molecule has 0 radical (unpaired) electrons. The van der Waals surface area contributed by atoms with Crippen molar-refractivity contribution in [2.45, 2.75) is 25.3 Å². The highest BCUT2D eigenvalue weighted by atomic mass is 19.1. The highest BCUT2D eigenvalue weighted by Crippen LogP contribution is 2.32. The minimum atomic E-state index is -0.281. The zero-order valence-electron chi connectivity index (χ0n) is 13.4. The summed E-state index contributed by atoms with van der Waals surface area (Å²) in [6.07, 6.45) is 5.02. The molecule has 4 rings (SSSR count). The van der Waals surface area contributed by atoms with E-state index in [1.54, 1.807) is 23.1 Å². The molecule has 3 heterocycles. The number of rotatable bonds is 4. The lowest BCUT2D eigenvalue weighted by Gasteiger charge is -2.20.